The Morgan fingerprint density at radius 3 is 2.58 bits per heavy atom. The summed E-state index contributed by atoms with van der Waals surface area (Å²) in [7, 11) is 1.89. The minimum atomic E-state index is -0.323. The third-order valence-corrected chi connectivity index (χ3v) is 7.58. The van der Waals surface area contributed by atoms with Crippen molar-refractivity contribution in [2.45, 2.75) is 26.2 Å². The molecule has 0 bridgehead atoms. The van der Waals surface area contributed by atoms with Crippen molar-refractivity contribution in [1.82, 2.24) is 14.4 Å². The number of piperidine rings is 1. The van der Waals surface area contributed by atoms with E-state index in [1.54, 1.807) is 6.07 Å². The Balaban J connectivity index is 1.10. The standard InChI is InChI=1S/C29H37FN4O2/c1-22-5-3-12-32(20-22)13-4-18-36-25-9-7-24(8-10-25)33-14-16-34(17-15-33)29(35)27-21-31(2)28-11-6-23(30)19-26(27)28/h6-11,19,21-22H,3-5,12-18,20H2,1-2H3. The molecule has 2 aromatic carbocycles. The number of nitrogens with zero attached hydrogens (tertiary/aromatic N) is 4. The molecule has 2 aliphatic rings. The number of aromatic nitrogens is 1. The van der Waals surface area contributed by atoms with Gasteiger partial charge < -0.3 is 24.0 Å². The van der Waals surface area contributed by atoms with Gasteiger partial charge in [0.25, 0.3) is 5.91 Å². The molecule has 1 atom stereocenters. The van der Waals surface area contributed by atoms with Crippen LogP contribution in [0.2, 0.25) is 0 Å². The van der Waals surface area contributed by atoms with E-state index >= 15 is 0 Å². The molecule has 0 N–H and O–H groups in total. The summed E-state index contributed by atoms with van der Waals surface area (Å²) in [5.74, 6) is 1.36. The molecule has 2 aliphatic heterocycles. The van der Waals surface area contributed by atoms with Crippen LogP contribution < -0.4 is 9.64 Å². The van der Waals surface area contributed by atoms with Gasteiger partial charge in [-0.15, -0.1) is 0 Å². The van der Waals surface area contributed by atoms with Gasteiger partial charge >= 0.3 is 0 Å². The molecule has 2 saturated heterocycles. The number of hydrogen-bond donors (Lipinski definition) is 0. The largest absolute Gasteiger partial charge is 0.494 e. The number of carbonyl (C=O) groups excluding carboxylic acids is 1. The third-order valence-electron chi connectivity index (χ3n) is 7.58. The van der Waals surface area contributed by atoms with Gasteiger partial charge in [0.05, 0.1) is 12.2 Å². The topological polar surface area (TPSA) is 41.0 Å². The van der Waals surface area contributed by atoms with E-state index in [0.29, 0.717) is 24.0 Å². The summed E-state index contributed by atoms with van der Waals surface area (Å²) in [6, 6.07) is 12.9. The van der Waals surface area contributed by atoms with E-state index in [1.807, 2.05) is 34.8 Å². The van der Waals surface area contributed by atoms with Crippen molar-refractivity contribution < 1.29 is 13.9 Å². The second-order valence-corrected chi connectivity index (χ2v) is 10.3. The first kappa shape index (κ1) is 24.6. The van der Waals surface area contributed by atoms with Crippen LogP contribution in [0.1, 0.15) is 36.5 Å². The number of aryl methyl sites for hydroxylation is 1. The molecule has 0 aliphatic carbocycles. The van der Waals surface area contributed by atoms with Crippen LogP contribution in [0.3, 0.4) is 0 Å². The number of ether oxygens (including phenoxy) is 1. The average molecular weight is 493 g/mol. The maximum Gasteiger partial charge on any atom is 0.256 e. The molecule has 3 heterocycles. The summed E-state index contributed by atoms with van der Waals surface area (Å²) in [5, 5.41) is 0.672. The molecule has 2 fully saturated rings. The fraction of sp³-hybridized carbons (Fsp3) is 0.483. The second kappa shape index (κ2) is 10.9. The lowest BCUT2D eigenvalue weighted by Crippen LogP contribution is -2.48. The SMILES string of the molecule is CC1CCCN(CCCOc2ccc(N3CCN(C(=O)c4cn(C)c5ccc(F)cc45)CC3)cc2)C1. The van der Waals surface area contributed by atoms with Crippen LogP contribution in [0.4, 0.5) is 10.1 Å². The van der Waals surface area contributed by atoms with Gasteiger partial charge in [-0.2, -0.15) is 0 Å². The zero-order valence-electron chi connectivity index (χ0n) is 21.5. The first-order chi connectivity index (χ1) is 17.5. The Labute approximate surface area is 213 Å². The summed E-state index contributed by atoms with van der Waals surface area (Å²) in [6.45, 7) is 9.43. The molecule has 1 unspecified atom stereocenters. The van der Waals surface area contributed by atoms with Crippen molar-refractivity contribution in [1.29, 1.82) is 0 Å². The van der Waals surface area contributed by atoms with E-state index < -0.39 is 0 Å². The summed E-state index contributed by atoms with van der Waals surface area (Å²) in [6.07, 6.45) is 5.53. The number of amides is 1. The van der Waals surface area contributed by atoms with Crippen LogP contribution >= 0.6 is 0 Å². The van der Waals surface area contributed by atoms with Crippen LogP contribution in [0.5, 0.6) is 5.75 Å². The molecule has 5 rings (SSSR count). The van der Waals surface area contributed by atoms with E-state index in [9.17, 15) is 9.18 Å². The van der Waals surface area contributed by atoms with Crippen LogP contribution in [0, 0.1) is 11.7 Å². The maximum atomic E-state index is 13.8. The van der Waals surface area contributed by atoms with Crippen molar-refractivity contribution in [2.75, 3.05) is 57.3 Å². The van der Waals surface area contributed by atoms with Gasteiger partial charge in [0, 0.05) is 69.1 Å². The van der Waals surface area contributed by atoms with Gasteiger partial charge in [0.2, 0.25) is 0 Å². The Morgan fingerprint density at radius 2 is 1.83 bits per heavy atom. The molecule has 192 valence electrons. The van der Waals surface area contributed by atoms with Gasteiger partial charge in [-0.25, -0.2) is 4.39 Å². The first-order valence-electron chi connectivity index (χ1n) is 13.2. The quantitative estimate of drug-likeness (QED) is 0.445. The van der Waals surface area contributed by atoms with Crippen molar-refractivity contribution in [3.8, 4) is 5.75 Å². The van der Waals surface area contributed by atoms with Crippen LogP contribution in [0.25, 0.3) is 10.9 Å². The van der Waals surface area contributed by atoms with Crippen LogP contribution in [-0.4, -0.2) is 72.7 Å². The van der Waals surface area contributed by atoms with Gasteiger partial charge in [-0.05, 0) is 74.2 Å². The van der Waals surface area contributed by atoms with Gasteiger partial charge in [-0.1, -0.05) is 6.92 Å². The minimum Gasteiger partial charge on any atom is -0.494 e. The summed E-state index contributed by atoms with van der Waals surface area (Å²) in [4.78, 5) is 20.0. The lowest BCUT2D eigenvalue weighted by molar-refractivity contribution is 0.0748. The zero-order chi connectivity index (χ0) is 25.1. The molecule has 7 heteroatoms. The highest BCUT2D eigenvalue weighted by atomic mass is 19.1. The van der Waals surface area contributed by atoms with E-state index in [0.717, 1.165) is 55.5 Å². The van der Waals surface area contributed by atoms with Crippen molar-refractivity contribution in [3.63, 3.8) is 0 Å². The van der Waals surface area contributed by atoms with Gasteiger partial charge in [-0.3, -0.25) is 4.79 Å². The predicted octanol–water partition coefficient (Wildman–Crippen LogP) is 4.78. The molecule has 1 amide bonds. The first-order valence-corrected chi connectivity index (χ1v) is 13.2. The molecule has 36 heavy (non-hydrogen) atoms. The number of benzene rings is 2. The molecule has 1 aromatic heterocycles. The van der Waals surface area contributed by atoms with Crippen molar-refractivity contribution in [3.05, 3.63) is 60.0 Å². The van der Waals surface area contributed by atoms with Gasteiger partial charge in [0.1, 0.15) is 11.6 Å². The van der Waals surface area contributed by atoms with E-state index in [4.69, 9.17) is 4.74 Å². The molecular formula is C29H37FN4O2. The zero-order valence-corrected chi connectivity index (χ0v) is 21.5. The minimum absolute atomic E-state index is 0.0337. The lowest BCUT2D eigenvalue weighted by atomic mass is 10.0. The van der Waals surface area contributed by atoms with Gasteiger partial charge in [0.15, 0.2) is 0 Å². The summed E-state index contributed by atoms with van der Waals surface area (Å²) in [5.41, 5.74) is 2.57. The van der Waals surface area contributed by atoms with Crippen molar-refractivity contribution in [2.24, 2.45) is 13.0 Å². The lowest BCUT2D eigenvalue weighted by Gasteiger charge is -2.36. The fourth-order valence-corrected chi connectivity index (χ4v) is 5.59. The molecule has 6 nitrogen and oxygen atoms in total. The monoisotopic (exact) mass is 492 g/mol. The number of piperazine rings is 1. The fourth-order valence-electron chi connectivity index (χ4n) is 5.59. The highest BCUT2D eigenvalue weighted by molar-refractivity contribution is 6.07. The third kappa shape index (κ3) is 5.51. The predicted molar refractivity (Wildman–Crippen MR) is 142 cm³/mol. The Morgan fingerprint density at radius 1 is 1.06 bits per heavy atom. The number of anilines is 1. The highest BCUT2D eigenvalue weighted by Crippen LogP contribution is 2.25. The molecule has 0 radical (unpaired) electrons. The molecule has 0 spiro atoms. The second-order valence-electron chi connectivity index (χ2n) is 10.3. The Hall–Kier alpha value is -3.06. The number of halogens is 1. The average Bonchev–Trinajstić information content (AvgIpc) is 3.22. The van der Waals surface area contributed by atoms with Crippen LogP contribution in [-0.2, 0) is 7.05 Å². The molecule has 0 saturated carbocycles. The Kier molecular flexibility index (Phi) is 7.46. The highest BCUT2D eigenvalue weighted by Gasteiger charge is 2.25. The maximum absolute atomic E-state index is 13.8. The smallest absolute Gasteiger partial charge is 0.256 e. The number of rotatable bonds is 7. The molecular weight excluding hydrogens is 455 g/mol. The molecule has 3 aromatic rings. The number of fused-ring (bicyclic) bond motifs is 1. The van der Waals surface area contributed by atoms with E-state index in [2.05, 4.69) is 28.9 Å². The number of hydrogen-bond acceptors (Lipinski definition) is 4. The number of carbonyl (C=O) groups is 1. The summed E-state index contributed by atoms with van der Waals surface area (Å²) < 4.78 is 21.7. The van der Waals surface area contributed by atoms with Crippen LogP contribution in [0.15, 0.2) is 48.7 Å². The summed E-state index contributed by atoms with van der Waals surface area (Å²) >= 11 is 0. The normalized spacial score (nSPS) is 19.1. The number of likely N-dealkylation sites (tertiary alicyclic amines) is 1. The van der Waals surface area contributed by atoms with E-state index in [1.165, 1.54) is 38.1 Å². The Bertz CT molecular complexity index is 1180. The van der Waals surface area contributed by atoms with E-state index in [-0.39, 0.29) is 11.7 Å². The van der Waals surface area contributed by atoms with Crippen molar-refractivity contribution >= 4 is 22.5 Å².